The number of hydrogen-bond donors (Lipinski definition) is 1. The predicted octanol–water partition coefficient (Wildman–Crippen LogP) is 4.16. The summed E-state index contributed by atoms with van der Waals surface area (Å²) in [6.07, 6.45) is 1.33. The summed E-state index contributed by atoms with van der Waals surface area (Å²) in [5, 5.41) is 6.21. The molecule has 0 spiro atoms. The lowest BCUT2D eigenvalue weighted by Gasteiger charge is -2.21. The first-order chi connectivity index (χ1) is 9.76. The highest BCUT2D eigenvalue weighted by Gasteiger charge is 2.40. The van der Waals surface area contributed by atoms with Crippen LogP contribution in [0.4, 0.5) is 0 Å². The van der Waals surface area contributed by atoms with E-state index in [1.165, 1.54) is 22.8 Å². The molecule has 2 aromatic carbocycles. The van der Waals surface area contributed by atoms with Gasteiger partial charge in [-0.05, 0) is 41.8 Å². The highest BCUT2D eigenvalue weighted by Crippen LogP contribution is 2.48. The van der Waals surface area contributed by atoms with Gasteiger partial charge in [-0.3, -0.25) is 0 Å². The molecule has 0 heterocycles. The number of methoxy groups -OCH3 is 1. The van der Waals surface area contributed by atoms with Crippen molar-refractivity contribution >= 4 is 10.8 Å². The van der Waals surface area contributed by atoms with Gasteiger partial charge in [-0.25, -0.2) is 0 Å². The highest BCUT2D eigenvalue weighted by atomic mass is 16.5. The van der Waals surface area contributed by atoms with Crippen molar-refractivity contribution in [2.75, 3.05) is 13.7 Å². The quantitative estimate of drug-likeness (QED) is 0.880. The van der Waals surface area contributed by atoms with Gasteiger partial charge < -0.3 is 10.1 Å². The molecule has 3 rings (SSSR count). The molecule has 3 atom stereocenters. The van der Waals surface area contributed by atoms with E-state index in [1.54, 1.807) is 7.11 Å². The third-order valence-electron chi connectivity index (χ3n) is 4.50. The zero-order chi connectivity index (χ0) is 14.1. The van der Waals surface area contributed by atoms with Gasteiger partial charge in [-0.15, -0.1) is 0 Å². The molecule has 0 bridgehead atoms. The molecule has 1 fully saturated rings. The second kappa shape index (κ2) is 5.45. The summed E-state index contributed by atoms with van der Waals surface area (Å²) >= 11 is 0. The van der Waals surface area contributed by atoms with Gasteiger partial charge >= 0.3 is 0 Å². The van der Waals surface area contributed by atoms with Crippen LogP contribution >= 0.6 is 0 Å². The van der Waals surface area contributed by atoms with Crippen LogP contribution in [-0.4, -0.2) is 13.7 Å². The molecular formula is C18H23NO. The third kappa shape index (κ3) is 2.29. The van der Waals surface area contributed by atoms with Crippen molar-refractivity contribution < 1.29 is 4.74 Å². The van der Waals surface area contributed by atoms with Gasteiger partial charge in [0.25, 0.3) is 0 Å². The van der Waals surface area contributed by atoms with Gasteiger partial charge in [0, 0.05) is 11.4 Å². The van der Waals surface area contributed by atoms with Crippen LogP contribution in [0.25, 0.3) is 10.8 Å². The lowest BCUT2D eigenvalue weighted by Crippen LogP contribution is -2.23. The molecule has 1 N–H and O–H groups in total. The van der Waals surface area contributed by atoms with E-state index in [4.69, 9.17) is 4.74 Å². The zero-order valence-corrected chi connectivity index (χ0v) is 12.5. The van der Waals surface area contributed by atoms with E-state index in [-0.39, 0.29) is 0 Å². The summed E-state index contributed by atoms with van der Waals surface area (Å²) in [6, 6.07) is 13.4. The monoisotopic (exact) mass is 269 g/mol. The first-order valence-corrected chi connectivity index (χ1v) is 7.55. The number of benzene rings is 2. The Hall–Kier alpha value is -1.54. The van der Waals surface area contributed by atoms with Gasteiger partial charge in [-0.2, -0.15) is 0 Å². The van der Waals surface area contributed by atoms with E-state index in [0.717, 1.165) is 24.1 Å². The highest BCUT2D eigenvalue weighted by molar-refractivity contribution is 5.91. The topological polar surface area (TPSA) is 21.3 Å². The number of fused-ring (bicyclic) bond motifs is 1. The average molecular weight is 269 g/mol. The standard InChI is InChI=1S/C18H23NO/c1-4-19-18(16-11-12(16)2)15-9-10-17(20-3)14-8-6-5-7-13(14)15/h5-10,12,16,18-19H,4,11H2,1-3H3. The zero-order valence-electron chi connectivity index (χ0n) is 12.5. The molecule has 2 heteroatoms. The lowest BCUT2D eigenvalue weighted by atomic mass is 9.94. The normalized spacial score (nSPS) is 22.8. The summed E-state index contributed by atoms with van der Waals surface area (Å²) < 4.78 is 5.50. The van der Waals surface area contributed by atoms with Crippen molar-refractivity contribution in [1.82, 2.24) is 5.32 Å². The Kier molecular flexibility index (Phi) is 3.66. The summed E-state index contributed by atoms with van der Waals surface area (Å²) in [6.45, 7) is 5.54. The summed E-state index contributed by atoms with van der Waals surface area (Å²) in [5.74, 6) is 2.56. The Morgan fingerprint density at radius 2 is 1.90 bits per heavy atom. The maximum Gasteiger partial charge on any atom is 0.126 e. The number of ether oxygens (including phenoxy) is 1. The number of rotatable bonds is 5. The van der Waals surface area contributed by atoms with Crippen LogP contribution in [0.5, 0.6) is 5.75 Å². The number of hydrogen-bond acceptors (Lipinski definition) is 2. The van der Waals surface area contributed by atoms with Crippen molar-refractivity contribution in [1.29, 1.82) is 0 Å². The SMILES string of the molecule is CCNC(c1ccc(OC)c2ccccc12)C1CC1C. The van der Waals surface area contributed by atoms with Crippen molar-refractivity contribution in [3.05, 3.63) is 42.0 Å². The van der Waals surface area contributed by atoms with Gasteiger partial charge in [-0.1, -0.05) is 44.2 Å². The molecule has 0 aromatic heterocycles. The Bertz CT molecular complexity index is 607. The fraction of sp³-hybridized carbons (Fsp3) is 0.444. The predicted molar refractivity (Wildman–Crippen MR) is 84.2 cm³/mol. The molecule has 1 aliphatic carbocycles. The van der Waals surface area contributed by atoms with E-state index >= 15 is 0 Å². The molecule has 0 amide bonds. The van der Waals surface area contributed by atoms with Crippen LogP contribution in [0.3, 0.4) is 0 Å². The number of nitrogens with one attached hydrogen (secondary N) is 1. The second-order valence-electron chi connectivity index (χ2n) is 5.81. The van der Waals surface area contributed by atoms with E-state index in [2.05, 4.69) is 55.6 Å². The Morgan fingerprint density at radius 3 is 2.50 bits per heavy atom. The van der Waals surface area contributed by atoms with Crippen LogP contribution in [0.15, 0.2) is 36.4 Å². The van der Waals surface area contributed by atoms with Gasteiger partial charge in [0.15, 0.2) is 0 Å². The van der Waals surface area contributed by atoms with Crippen LogP contribution in [0.2, 0.25) is 0 Å². The van der Waals surface area contributed by atoms with Crippen molar-refractivity contribution in [3.63, 3.8) is 0 Å². The van der Waals surface area contributed by atoms with E-state index in [1.807, 2.05) is 0 Å². The van der Waals surface area contributed by atoms with E-state index < -0.39 is 0 Å². The van der Waals surface area contributed by atoms with Crippen LogP contribution in [0.1, 0.15) is 31.9 Å². The molecule has 1 saturated carbocycles. The Balaban J connectivity index is 2.10. The second-order valence-corrected chi connectivity index (χ2v) is 5.81. The Morgan fingerprint density at radius 1 is 1.20 bits per heavy atom. The maximum atomic E-state index is 5.50. The fourth-order valence-electron chi connectivity index (χ4n) is 3.27. The molecule has 0 aliphatic heterocycles. The molecule has 106 valence electrons. The molecule has 3 unspecified atom stereocenters. The minimum atomic E-state index is 0.464. The average Bonchev–Trinajstić information content (AvgIpc) is 3.20. The van der Waals surface area contributed by atoms with Crippen LogP contribution in [0, 0.1) is 11.8 Å². The van der Waals surface area contributed by atoms with Gasteiger partial charge in [0.2, 0.25) is 0 Å². The van der Waals surface area contributed by atoms with Crippen molar-refractivity contribution in [2.24, 2.45) is 11.8 Å². The maximum absolute atomic E-state index is 5.50. The molecule has 1 aliphatic rings. The molecular weight excluding hydrogens is 246 g/mol. The molecule has 20 heavy (non-hydrogen) atoms. The largest absolute Gasteiger partial charge is 0.496 e. The molecule has 0 radical (unpaired) electrons. The fourth-order valence-corrected chi connectivity index (χ4v) is 3.27. The molecule has 2 aromatic rings. The summed E-state index contributed by atoms with van der Waals surface area (Å²) in [4.78, 5) is 0. The lowest BCUT2D eigenvalue weighted by molar-refractivity contribution is 0.419. The third-order valence-corrected chi connectivity index (χ3v) is 4.50. The van der Waals surface area contributed by atoms with Crippen molar-refractivity contribution in [3.8, 4) is 5.75 Å². The molecule has 2 nitrogen and oxygen atoms in total. The Labute approximate surface area is 121 Å². The van der Waals surface area contributed by atoms with E-state index in [0.29, 0.717) is 6.04 Å². The summed E-state index contributed by atoms with van der Waals surface area (Å²) in [7, 11) is 1.74. The van der Waals surface area contributed by atoms with Gasteiger partial charge in [0.05, 0.1) is 7.11 Å². The van der Waals surface area contributed by atoms with E-state index in [9.17, 15) is 0 Å². The van der Waals surface area contributed by atoms with Crippen LogP contribution in [-0.2, 0) is 0 Å². The minimum absolute atomic E-state index is 0.464. The first kappa shape index (κ1) is 13.4. The minimum Gasteiger partial charge on any atom is -0.496 e. The van der Waals surface area contributed by atoms with Crippen LogP contribution < -0.4 is 10.1 Å². The summed E-state index contributed by atoms with van der Waals surface area (Å²) in [5.41, 5.74) is 1.41. The van der Waals surface area contributed by atoms with Gasteiger partial charge in [0.1, 0.15) is 5.75 Å². The molecule has 0 saturated heterocycles. The smallest absolute Gasteiger partial charge is 0.126 e. The van der Waals surface area contributed by atoms with Crippen molar-refractivity contribution in [2.45, 2.75) is 26.3 Å². The first-order valence-electron chi connectivity index (χ1n) is 7.55.